The van der Waals surface area contributed by atoms with Gasteiger partial charge in [-0.05, 0) is 41.1 Å². The Morgan fingerprint density at radius 2 is 2.14 bits per heavy atom. The number of thioether (sulfide) groups is 1. The minimum atomic E-state index is -3.68. The van der Waals surface area contributed by atoms with Crippen molar-refractivity contribution in [2.45, 2.75) is 11.0 Å². The molecule has 29 heavy (non-hydrogen) atoms. The highest BCUT2D eigenvalue weighted by Gasteiger charge is 2.32. The average Bonchev–Trinajstić information content (AvgIpc) is 3.40. The number of hydrogen-bond donors (Lipinski definition) is 2. The Morgan fingerprint density at radius 1 is 1.28 bits per heavy atom. The van der Waals surface area contributed by atoms with Crippen LogP contribution >= 0.6 is 11.8 Å². The maximum Gasteiger partial charge on any atom is 0.245 e. The van der Waals surface area contributed by atoms with Crippen LogP contribution in [0, 0.1) is 5.82 Å². The number of rotatable bonds is 6. The topological polar surface area (TPSA) is 110 Å². The van der Waals surface area contributed by atoms with Gasteiger partial charge in [-0.1, -0.05) is 18.2 Å². The lowest BCUT2D eigenvalue weighted by molar-refractivity contribution is 0.410. The fourth-order valence-corrected chi connectivity index (χ4v) is 5.78. The molecule has 1 aliphatic rings. The maximum atomic E-state index is 13.4. The van der Waals surface area contributed by atoms with E-state index in [0.717, 1.165) is 4.91 Å². The number of H-pyrrole nitrogens is 1. The molecule has 0 saturated heterocycles. The molecular weight excluding hydrogens is 417 g/mol. The molecule has 0 amide bonds. The summed E-state index contributed by atoms with van der Waals surface area (Å²) in [7, 11) is -2.23. The number of nitrogens with one attached hydrogen (secondary N) is 2. The van der Waals surface area contributed by atoms with Gasteiger partial charge in [-0.25, -0.2) is 17.9 Å². The highest BCUT2D eigenvalue weighted by atomic mass is 32.3. The van der Waals surface area contributed by atoms with E-state index >= 15 is 0 Å². The molecule has 150 valence electrons. The number of methoxy groups -OCH3 is 1. The molecule has 11 heteroatoms. The van der Waals surface area contributed by atoms with Gasteiger partial charge >= 0.3 is 0 Å². The van der Waals surface area contributed by atoms with Crippen LogP contribution in [0.4, 0.5) is 10.1 Å². The summed E-state index contributed by atoms with van der Waals surface area (Å²) in [6.45, 7) is 0. The molecule has 1 unspecified atom stereocenters. The number of ether oxygens (including phenoxy) is 1. The van der Waals surface area contributed by atoms with Crippen LogP contribution in [0.1, 0.15) is 12.0 Å². The fourth-order valence-electron chi connectivity index (χ4n) is 2.91. The number of halogens is 1. The molecular formula is C18H16FN5O3S2. The zero-order valence-electron chi connectivity index (χ0n) is 15.2. The normalized spacial score (nSPS) is 16.5. The van der Waals surface area contributed by atoms with Crippen molar-refractivity contribution < 1.29 is 17.5 Å². The first-order valence-corrected chi connectivity index (χ1v) is 11.0. The largest absolute Gasteiger partial charge is 0.496 e. The summed E-state index contributed by atoms with van der Waals surface area (Å²) < 4.78 is 46.3. The molecule has 1 aliphatic heterocycles. The van der Waals surface area contributed by atoms with E-state index in [9.17, 15) is 12.8 Å². The monoisotopic (exact) mass is 433 g/mol. The molecule has 2 N–H and O–H groups in total. The van der Waals surface area contributed by atoms with Gasteiger partial charge in [0.15, 0.2) is 5.82 Å². The number of aromatic nitrogens is 4. The van der Waals surface area contributed by atoms with Crippen LogP contribution in [0.3, 0.4) is 0 Å². The van der Waals surface area contributed by atoms with Crippen LogP contribution in [-0.4, -0.2) is 40.7 Å². The number of nitrogens with zero attached hydrogens (tertiary/aromatic N) is 3. The lowest BCUT2D eigenvalue weighted by atomic mass is 10.1. The van der Waals surface area contributed by atoms with Crippen molar-refractivity contribution in [3.63, 3.8) is 0 Å². The van der Waals surface area contributed by atoms with E-state index in [1.54, 1.807) is 30.3 Å². The predicted molar refractivity (Wildman–Crippen MR) is 109 cm³/mol. The molecule has 0 aliphatic carbocycles. The van der Waals surface area contributed by atoms with E-state index in [1.807, 2.05) is 6.08 Å². The minimum Gasteiger partial charge on any atom is -0.496 e. The van der Waals surface area contributed by atoms with Crippen LogP contribution in [0.15, 0.2) is 48.5 Å². The lowest BCUT2D eigenvalue weighted by Crippen LogP contribution is -2.23. The third-order valence-electron chi connectivity index (χ3n) is 4.27. The standard InChI is InChI=1S/C18H16FN5O3S2/c1-27-15-10-12(19)5-6-14(15)16-7-8-17(28-16)29(25,26)22-13-4-2-3-11(9-13)18-20-23-24-21-18/h2-7,9-10,17,22H,8H2,1H3,(H,20,21,23,24). The minimum absolute atomic E-state index is 0.321. The molecule has 3 aromatic rings. The van der Waals surface area contributed by atoms with Gasteiger partial charge in [-0.3, -0.25) is 4.72 Å². The van der Waals surface area contributed by atoms with Crippen molar-refractivity contribution >= 4 is 32.4 Å². The van der Waals surface area contributed by atoms with Crippen LogP contribution in [0.2, 0.25) is 0 Å². The number of allylic oxidation sites excluding steroid dienone is 1. The summed E-state index contributed by atoms with van der Waals surface area (Å²) >= 11 is 1.20. The van der Waals surface area contributed by atoms with Gasteiger partial charge < -0.3 is 4.74 Å². The summed E-state index contributed by atoms with van der Waals surface area (Å²) in [4.78, 5) is 0.735. The summed E-state index contributed by atoms with van der Waals surface area (Å²) in [6, 6.07) is 11.0. The predicted octanol–water partition coefficient (Wildman–Crippen LogP) is 3.26. The number of benzene rings is 2. The Morgan fingerprint density at radius 3 is 2.90 bits per heavy atom. The Balaban J connectivity index is 1.51. The zero-order valence-corrected chi connectivity index (χ0v) is 16.8. The Kier molecular flexibility index (Phi) is 5.24. The number of tetrazole rings is 1. The van der Waals surface area contributed by atoms with Gasteiger partial charge in [-0.2, -0.15) is 0 Å². The molecule has 1 aromatic heterocycles. The zero-order chi connectivity index (χ0) is 20.4. The maximum absolute atomic E-state index is 13.4. The van der Waals surface area contributed by atoms with E-state index in [2.05, 4.69) is 25.3 Å². The Labute approximate surface area is 170 Å². The average molecular weight is 433 g/mol. The molecule has 0 radical (unpaired) electrons. The third-order valence-corrected chi connectivity index (χ3v) is 7.82. The van der Waals surface area contributed by atoms with Crippen LogP contribution < -0.4 is 9.46 Å². The van der Waals surface area contributed by atoms with Gasteiger partial charge in [0, 0.05) is 27.8 Å². The van der Waals surface area contributed by atoms with Crippen molar-refractivity contribution in [3.05, 3.63) is 59.9 Å². The van der Waals surface area contributed by atoms with E-state index in [0.29, 0.717) is 34.8 Å². The quantitative estimate of drug-likeness (QED) is 0.614. The fraction of sp³-hybridized carbons (Fsp3) is 0.167. The first-order chi connectivity index (χ1) is 14.0. The van der Waals surface area contributed by atoms with Crippen molar-refractivity contribution in [2.24, 2.45) is 0 Å². The molecule has 0 fully saturated rings. The molecule has 0 bridgehead atoms. The SMILES string of the molecule is COc1cc(F)ccc1C1=CCC(S(=O)(=O)Nc2cccc(-c3nnn[nH]3)c2)S1. The van der Waals surface area contributed by atoms with Crippen LogP contribution in [-0.2, 0) is 10.0 Å². The smallest absolute Gasteiger partial charge is 0.245 e. The van der Waals surface area contributed by atoms with Gasteiger partial charge in [0.2, 0.25) is 10.0 Å². The molecule has 8 nitrogen and oxygen atoms in total. The first kappa shape index (κ1) is 19.4. The summed E-state index contributed by atoms with van der Waals surface area (Å²) in [5.41, 5.74) is 1.73. The molecule has 0 saturated carbocycles. The van der Waals surface area contributed by atoms with Gasteiger partial charge in [0.25, 0.3) is 0 Å². The first-order valence-electron chi connectivity index (χ1n) is 8.53. The van der Waals surface area contributed by atoms with Crippen LogP contribution in [0.5, 0.6) is 5.75 Å². The van der Waals surface area contributed by atoms with Gasteiger partial charge in [0.1, 0.15) is 16.1 Å². The summed E-state index contributed by atoms with van der Waals surface area (Å²) in [5.74, 6) is 0.388. The second-order valence-corrected chi connectivity index (χ2v) is 9.58. The highest BCUT2D eigenvalue weighted by molar-refractivity contribution is 8.19. The molecule has 2 aromatic carbocycles. The molecule has 2 heterocycles. The Bertz CT molecular complexity index is 1170. The Hall–Kier alpha value is -2.92. The number of anilines is 1. The number of sulfonamides is 1. The van der Waals surface area contributed by atoms with E-state index in [-0.39, 0.29) is 0 Å². The van der Waals surface area contributed by atoms with Crippen molar-refractivity contribution in [1.82, 2.24) is 20.6 Å². The second kappa shape index (κ2) is 7.84. The van der Waals surface area contributed by atoms with Crippen molar-refractivity contribution in [2.75, 3.05) is 11.8 Å². The van der Waals surface area contributed by atoms with E-state index < -0.39 is 20.4 Å². The van der Waals surface area contributed by atoms with E-state index in [1.165, 1.54) is 31.0 Å². The third kappa shape index (κ3) is 4.10. The number of aromatic amines is 1. The molecule has 0 spiro atoms. The molecule has 4 rings (SSSR count). The van der Waals surface area contributed by atoms with Crippen molar-refractivity contribution in [3.8, 4) is 17.1 Å². The van der Waals surface area contributed by atoms with Crippen LogP contribution in [0.25, 0.3) is 16.3 Å². The van der Waals surface area contributed by atoms with Crippen molar-refractivity contribution in [1.29, 1.82) is 0 Å². The number of hydrogen-bond acceptors (Lipinski definition) is 7. The molecule has 1 atom stereocenters. The van der Waals surface area contributed by atoms with Gasteiger partial charge in [0.05, 0.1) is 7.11 Å². The highest BCUT2D eigenvalue weighted by Crippen LogP contribution is 2.44. The van der Waals surface area contributed by atoms with Gasteiger partial charge in [-0.15, -0.1) is 16.9 Å². The summed E-state index contributed by atoms with van der Waals surface area (Å²) in [6.07, 6.45) is 2.14. The second-order valence-electron chi connectivity index (χ2n) is 6.17. The summed E-state index contributed by atoms with van der Waals surface area (Å²) in [5, 5.41) is 13.5. The van der Waals surface area contributed by atoms with E-state index in [4.69, 9.17) is 4.74 Å². The lowest BCUT2D eigenvalue weighted by Gasteiger charge is -2.15.